The fraction of sp³-hybridized carbons (Fsp3) is 0.625. The molecule has 0 amide bonds. The second-order valence-corrected chi connectivity index (χ2v) is 6.17. The molecule has 0 bridgehead atoms. The van der Waals surface area contributed by atoms with Crippen LogP contribution in [0.1, 0.15) is 25.0 Å². The molecule has 1 N–H and O–H groups in total. The quantitative estimate of drug-likeness (QED) is 0.927. The Morgan fingerprint density at radius 2 is 2.00 bits per heavy atom. The summed E-state index contributed by atoms with van der Waals surface area (Å²) in [6.07, 6.45) is -0.815. The minimum absolute atomic E-state index is 0.0974. The first-order valence-corrected chi connectivity index (χ1v) is 7.62. The van der Waals surface area contributed by atoms with Gasteiger partial charge in [-0.2, -0.15) is 0 Å². The number of aliphatic hydroxyl groups excluding tert-OH is 1. The van der Waals surface area contributed by atoms with Crippen LogP contribution in [0.2, 0.25) is 0 Å². The van der Waals surface area contributed by atoms with Crippen molar-refractivity contribution < 1.29 is 23.4 Å². The topological polar surface area (TPSA) is 41.9 Å². The number of halogens is 2. The summed E-state index contributed by atoms with van der Waals surface area (Å²) in [5, 5.41) is 10.5. The predicted octanol–water partition coefficient (Wildman–Crippen LogP) is 2.47. The lowest BCUT2D eigenvalue weighted by atomic mass is 9.96. The van der Waals surface area contributed by atoms with E-state index in [4.69, 9.17) is 9.47 Å². The molecule has 3 rings (SSSR count). The number of likely N-dealkylation sites (tertiary alicyclic amines) is 1. The van der Waals surface area contributed by atoms with Crippen molar-refractivity contribution in [2.75, 3.05) is 32.8 Å². The van der Waals surface area contributed by atoms with E-state index in [9.17, 15) is 13.9 Å². The molecule has 0 unspecified atom stereocenters. The van der Waals surface area contributed by atoms with Crippen molar-refractivity contribution in [1.82, 2.24) is 4.90 Å². The maximum Gasteiger partial charge on any atom is 0.261 e. The summed E-state index contributed by atoms with van der Waals surface area (Å²) >= 11 is 0. The van der Waals surface area contributed by atoms with Crippen LogP contribution >= 0.6 is 0 Å². The maximum atomic E-state index is 13.2. The normalized spacial score (nSPS) is 23.3. The van der Waals surface area contributed by atoms with Gasteiger partial charge < -0.3 is 14.6 Å². The third kappa shape index (κ3) is 3.33. The van der Waals surface area contributed by atoms with Gasteiger partial charge in [-0.05, 0) is 23.6 Å². The van der Waals surface area contributed by atoms with Crippen molar-refractivity contribution in [1.29, 1.82) is 0 Å². The number of rotatable bonds is 4. The van der Waals surface area contributed by atoms with Gasteiger partial charge in [-0.3, -0.25) is 4.90 Å². The maximum absolute atomic E-state index is 13.2. The molecular formula is C16H21F2NO3. The molecule has 1 aromatic rings. The van der Waals surface area contributed by atoms with E-state index < -0.39 is 12.0 Å². The summed E-state index contributed by atoms with van der Waals surface area (Å²) < 4.78 is 37.4. The molecule has 2 aliphatic rings. The van der Waals surface area contributed by atoms with Gasteiger partial charge in [0.05, 0.1) is 12.6 Å². The van der Waals surface area contributed by atoms with E-state index >= 15 is 0 Å². The smallest absolute Gasteiger partial charge is 0.261 e. The second-order valence-electron chi connectivity index (χ2n) is 6.17. The highest BCUT2D eigenvalue weighted by Gasteiger charge is 2.38. The Bertz CT molecular complexity index is 538. The van der Waals surface area contributed by atoms with Gasteiger partial charge in [-0.25, -0.2) is 8.78 Å². The number of nitrogens with zero attached hydrogens (tertiary/aromatic N) is 1. The minimum Gasteiger partial charge on any atom is -0.486 e. The van der Waals surface area contributed by atoms with Crippen molar-refractivity contribution in [2.24, 2.45) is 5.92 Å². The zero-order valence-corrected chi connectivity index (χ0v) is 12.6. The Balaban J connectivity index is 1.64. The van der Waals surface area contributed by atoms with Crippen molar-refractivity contribution >= 4 is 0 Å². The van der Waals surface area contributed by atoms with Crippen molar-refractivity contribution in [3.8, 4) is 11.5 Å². The Morgan fingerprint density at radius 1 is 1.27 bits per heavy atom. The first-order valence-electron chi connectivity index (χ1n) is 7.62. The number of fused-ring (bicyclic) bond motifs is 1. The molecule has 0 aliphatic carbocycles. The summed E-state index contributed by atoms with van der Waals surface area (Å²) in [5.41, 5.74) is 0.725. The van der Waals surface area contributed by atoms with Gasteiger partial charge in [0.25, 0.3) is 5.92 Å². The molecule has 0 radical (unpaired) electrons. The van der Waals surface area contributed by atoms with Gasteiger partial charge in [0, 0.05) is 19.5 Å². The van der Waals surface area contributed by atoms with Crippen LogP contribution in [-0.2, 0) is 0 Å². The lowest BCUT2D eigenvalue weighted by molar-refractivity contribution is 0.00748. The third-order valence-corrected chi connectivity index (χ3v) is 4.24. The molecule has 1 saturated heterocycles. The summed E-state index contributed by atoms with van der Waals surface area (Å²) in [6.45, 7) is 3.50. The summed E-state index contributed by atoms with van der Waals surface area (Å²) in [4.78, 5) is 1.71. The highest BCUT2D eigenvalue weighted by molar-refractivity contribution is 5.44. The Hall–Kier alpha value is -1.40. The molecule has 1 aromatic carbocycles. The van der Waals surface area contributed by atoms with Crippen LogP contribution in [-0.4, -0.2) is 48.8 Å². The van der Waals surface area contributed by atoms with Crippen LogP contribution in [0.3, 0.4) is 0 Å². The Morgan fingerprint density at radius 3 is 2.68 bits per heavy atom. The fourth-order valence-corrected chi connectivity index (χ4v) is 3.04. The average molecular weight is 313 g/mol. The third-order valence-electron chi connectivity index (χ3n) is 4.24. The van der Waals surface area contributed by atoms with Crippen molar-refractivity contribution in [2.45, 2.75) is 25.4 Å². The molecule has 0 aromatic heterocycles. The minimum atomic E-state index is -2.60. The molecule has 4 nitrogen and oxygen atoms in total. The predicted molar refractivity (Wildman–Crippen MR) is 77.6 cm³/mol. The molecule has 6 heteroatoms. The first-order chi connectivity index (χ1) is 10.4. The summed E-state index contributed by atoms with van der Waals surface area (Å²) in [5.74, 6) is -1.44. The van der Waals surface area contributed by atoms with Crippen LogP contribution in [0.15, 0.2) is 18.2 Å². The number of aliphatic hydroxyl groups is 1. The van der Waals surface area contributed by atoms with Crippen LogP contribution in [0.25, 0.3) is 0 Å². The molecule has 2 heterocycles. The fourth-order valence-electron chi connectivity index (χ4n) is 3.04. The van der Waals surface area contributed by atoms with E-state index in [1.165, 1.54) is 0 Å². The molecule has 22 heavy (non-hydrogen) atoms. The van der Waals surface area contributed by atoms with Gasteiger partial charge in [-0.1, -0.05) is 13.0 Å². The highest BCUT2D eigenvalue weighted by Crippen LogP contribution is 2.35. The van der Waals surface area contributed by atoms with E-state index in [2.05, 4.69) is 0 Å². The number of alkyl halides is 2. The molecule has 122 valence electrons. The standard InChI is InChI=1S/C16H21F2NO3/c1-11(9-19-5-4-16(17,18)10-19)15(20)12-2-3-13-14(8-12)22-7-6-21-13/h2-3,8,11,15,20H,4-7,9-10H2,1H3/t11-,15+/m1/s1. The zero-order valence-electron chi connectivity index (χ0n) is 12.6. The van der Waals surface area contributed by atoms with Gasteiger partial charge in [0.1, 0.15) is 13.2 Å². The first kappa shape index (κ1) is 15.5. The molecule has 0 spiro atoms. The lowest BCUT2D eigenvalue weighted by Gasteiger charge is -2.26. The van der Waals surface area contributed by atoms with Gasteiger partial charge in [0.15, 0.2) is 11.5 Å². The molecule has 2 aliphatic heterocycles. The van der Waals surface area contributed by atoms with Crippen LogP contribution in [0.5, 0.6) is 11.5 Å². The largest absolute Gasteiger partial charge is 0.486 e. The van der Waals surface area contributed by atoms with Gasteiger partial charge in [-0.15, -0.1) is 0 Å². The van der Waals surface area contributed by atoms with E-state index in [0.29, 0.717) is 37.8 Å². The van der Waals surface area contributed by atoms with Gasteiger partial charge in [0.2, 0.25) is 0 Å². The summed E-state index contributed by atoms with van der Waals surface area (Å²) in [7, 11) is 0. The number of hydrogen-bond acceptors (Lipinski definition) is 4. The monoisotopic (exact) mass is 313 g/mol. The lowest BCUT2D eigenvalue weighted by Crippen LogP contribution is -2.31. The van der Waals surface area contributed by atoms with E-state index in [0.717, 1.165) is 5.56 Å². The van der Waals surface area contributed by atoms with Gasteiger partial charge >= 0.3 is 0 Å². The number of ether oxygens (including phenoxy) is 2. The molecular weight excluding hydrogens is 292 g/mol. The average Bonchev–Trinajstić information content (AvgIpc) is 2.84. The highest BCUT2D eigenvalue weighted by atomic mass is 19.3. The molecule has 1 fully saturated rings. The molecule has 0 saturated carbocycles. The van der Waals surface area contributed by atoms with E-state index in [-0.39, 0.29) is 18.9 Å². The Kier molecular flexibility index (Phi) is 4.23. The van der Waals surface area contributed by atoms with E-state index in [1.807, 2.05) is 6.92 Å². The van der Waals surface area contributed by atoms with Crippen LogP contribution in [0.4, 0.5) is 8.78 Å². The van der Waals surface area contributed by atoms with Crippen LogP contribution < -0.4 is 9.47 Å². The summed E-state index contributed by atoms with van der Waals surface area (Å²) in [6, 6.07) is 5.35. The number of hydrogen-bond donors (Lipinski definition) is 1. The van der Waals surface area contributed by atoms with Crippen molar-refractivity contribution in [3.05, 3.63) is 23.8 Å². The molecule has 2 atom stereocenters. The van der Waals surface area contributed by atoms with Crippen LogP contribution in [0, 0.1) is 5.92 Å². The van der Waals surface area contributed by atoms with Crippen molar-refractivity contribution in [3.63, 3.8) is 0 Å². The second kappa shape index (κ2) is 6.01. The number of benzene rings is 1. The zero-order chi connectivity index (χ0) is 15.7. The Labute approximate surface area is 128 Å². The van der Waals surface area contributed by atoms with E-state index in [1.54, 1.807) is 23.1 Å². The SMILES string of the molecule is C[C@H](CN1CCC(F)(F)C1)[C@H](O)c1ccc2c(c1)OCCO2.